The number of aromatic carboxylic acids is 1. The molecule has 0 saturated heterocycles. The number of carboxylic acids is 1. The van der Waals surface area contributed by atoms with Gasteiger partial charge in [0.25, 0.3) is 0 Å². The lowest BCUT2D eigenvalue weighted by atomic mass is 9.97. The Morgan fingerprint density at radius 2 is 1.33 bits per heavy atom. The summed E-state index contributed by atoms with van der Waals surface area (Å²) in [6.07, 6.45) is 0.304. The largest absolute Gasteiger partial charge is 0.478 e. The van der Waals surface area contributed by atoms with E-state index in [9.17, 15) is 9.59 Å². The summed E-state index contributed by atoms with van der Waals surface area (Å²) in [5.41, 5.74) is 0.370. The topological polar surface area (TPSA) is 54.4 Å². The molecule has 3 heteroatoms. The third-order valence-electron chi connectivity index (χ3n) is 2.74. The summed E-state index contributed by atoms with van der Waals surface area (Å²) < 4.78 is 0. The number of rotatable bonds is 3. The molecular weight excluding hydrogens is 264 g/mol. The summed E-state index contributed by atoms with van der Waals surface area (Å²) in [5, 5.41) is 10.8. The molecule has 2 aromatic rings. The van der Waals surface area contributed by atoms with Gasteiger partial charge in [0, 0.05) is 12.0 Å². The van der Waals surface area contributed by atoms with Gasteiger partial charge in [0.15, 0.2) is 5.78 Å². The predicted octanol–water partition coefficient (Wildman–Crippen LogP) is 5.18. The van der Waals surface area contributed by atoms with Crippen molar-refractivity contribution in [1.29, 1.82) is 0 Å². The SMILES string of the molecule is CC.CC.CCC(=O)c1cc2ccccc2cc1C(=O)O. The van der Waals surface area contributed by atoms with Crippen molar-refractivity contribution in [3.05, 3.63) is 47.5 Å². The minimum Gasteiger partial charge on any atom is -0.478 e. The van der Waals surface area contributed by atoms with Crippen LogP contribution in [-0.4, -0.2) is 16.9 Å². The number of benzene rings is 2. The molecule has 0 bridgehead atoms. The van der Waals surface area contributed by atoms with Crippen molar-refractivity contribution in [1.82, 2.24) is 0 Å². The molecule has 0 aliphatic carbocycles. The highest BCUT2D eigenvalue weighted by Gasteiger charge is 2.16. The van der Waals surface area contributed by atoms with E-state index in [1.807, 2.05) is 52.0 Å². The van der Waals surface area contributed by atoms with Crippen LogP contribution in [-0.2, 0) is 0 Å². The molecule has 0 aromatic heterocycles. The molecule has 1 N–H and O–H groups in total. The highest BCUT2D eigenvalue weighted by Crippen LogP contribution is 2.21. The Balaban J connectivity index is 0.000000921. The van der Waals surface area contributed by atoms with Crippen molar-refractivity contribution in [3.8, 4) is 0 Å². The lowest BCUT2D eigenvalue weighted by molar-refractivity contribution is 0.0692. The first-order valence-corrected chi connectivity index (χ1v) is 7.42. The van der Waals surface area contributed by atoms with Gasteiger partial charge in [0.1, 0.15) is 0 Å². The average molecular weight is 288 g/mol. The number of ketones is 1. The van der Waals surface area contributed by atoms with Gasteiger partial charge in [-0.1, -0.05) is 58.9 Å². The fourth-order valence-corrected chi connectivity index (χ4v) is 1.84. The molecule has 0 atom stereocenters. The smallest absolute Gasteiger partial charge is 0.336 e. The maximum absolute atomic E-state index is 11.7. The van der Waals surface area contributed by atoms with Crippen LogP contribution in [0.3, 0.4) is 0 Å². The molecule has 0 radical (unpaired) electrons. The van der Waals surface area contributed by atoms with Gasteiger partial charge in [0.05, 0.1) is 5.56 Å². The molecule has 0 amide bonds. The fourth-order valence-electron chi connectivity index (χ4n) is 1.84. The summed E-state index contributed by atoms with van der Waals surface area (Å²) in [4.78, 5) is 22.9. The molecule has 0 heterocycles. The Kier molecular flexibility index (Phi) is 8.70. The lowest BCUT2D eigenvalue weighted by Crippen LogP contribution is -2.07. The second-order valence-electron chi connectivity index (χ2n) is 3.83. The van der Waals surface area contributed by atoms with Crippen LogP contribution in [0.15, 0.2) is 36.4 Å². The van der Waals surface area contributed by atoms with Crippen molar-refractivity contribution in [2.24, 2.45) is 0 Å². The zero-order valence-corrected chi connectivity index (χ0v) is 13.4. The quantitative estimate of drug-likeness (QED) is 0.791. The van der Waals surface area contributed by atoms with Gasteiger partial charge in [-0.15, -0.1) is 0 Å². The van der Waals surface area contributed by atoms with Crippen LogP contribution in [0, 0.1) is 0 Å². The second kappa shape index (κ2) is 9.70. The van der Waals surface area contributed by atoms with Gasteiger partial charge in [-0.2, -0.15) is 0 Å². The molecule has 3 nitrogen and oxygen atoms in total. The van der Waals surface area contributed by atoms with Crippen LogP contribution in [0.4, 0.5) is 0 Å². The van der Waals surface area contributed by atoms with E-state index >= 15 is 0 Å². The normalized spacial score (nSPS) is 9.00. The first-order chi connectivity index (χ1) is 10.1. The molecule has 0 fully saturated rings. The second-order valence-corrected chi connectivity index (χ2v) is 3.83. The van der Waals surface area contributed by atoms with Crippen molar-refractivity contribution >= 4 is 22.5 Å². The molecule has 114 valence electrons. The van der Waals surface area contributed by atoms with E-state index in [0.717, 1.165) is 10.8 Å². The summed E-state index contributed by atoms with van der Waals surface area (Å²) in [7, 11) is 0. The van der Waals surface area contributed by atoms with Crippen LogP contribution in [0.2, 0.25) is 0 Å². The van der Waals surface area contributed by atoms with E-state index in [-0.39, 0.29) is 11.3 Å². The number of Topliss-reactive ketones (excluding diaryl/α,β-unsaturated/α-hetero) is 1. The van der Waals surface area contributed by atoms with Gasteiger partial charge in [-0.3, -0.25) is 4.79 Å². The first-order valence-electron chi connectivity index (χ1n) is 7.42. The number of carboxylic acid groups (broad SMARTS) is 1. The molecule has 0 unspecified atom stereocenters. The van der Waals surface area contributed by atoms with Gasteiger partial charge < -0.3 is 5.11 Å². The van der Waals surface area contributed by atoms with Crippen LogP contribution in [0.25, 0.3) is 10.8 Å². The van der Waals surface area contributed by atoms with Crippen molar-refractivity contribution < 1.29 is 14.7 Å². The Labute approximate surface area is 126 Å². The van der Waals surface area contributed by atoms with E-state index in [4.69, 9.17) is 5.11 Å². The fraction of sp³-hybridized carbons (Fsp3) is 0.333. The van der Waals surface area contributed by atoms with E-state index in [1.54, 1.807) is 19.1 Å². The number of fused-ring (bicyclic) bond motifs is 1. The van der Waals surface area contributed by atoms with Crippen LogP contribution < -0.4 is 0 Å². The van der Waals surface area contributed by atoms with E-state index in [2.05, 4.69) is 0 Å². The van der Waals surface area contributed by atoms with Crippen molar-refractivity contribution in [2.45, 2.75) is 41.0 Å². The molecule has 2 aromatic carbocycles. The molecule has 21 heavy (non-hydrogen) atoms. The maximum Gasteiger partial charge on any atom is 0.336 e. The summed E-state index contributed by atoms with van der Waals surface area (Å²) in [6.45, 7) is 9.73. The molecular formula is C18H24O3. The van der Waals surface area contributed by atoms with Gasteiger partial charge >= 0.3 is 5.97 Å². The van der Waals surface area contributed by atoms with Crippen molar-refractivity contribution in [2.75, 3.05) is 0 Å². The Morgan fingerprint density at radius 3 is 1.71 bits per heavy atom. The highest BCUT2D eigenvalue weighted by molar-refractivity contribution is 6.09. The van der Waals surface area contributed by atoms with E-state index in [0.29, 0.717) is 12.0 Å². The zero-order valence-electron chi connectivity index (χ0n) is 13.4. The highest BCUT2D eigenvalue weighted by atomic mass is 16.4. The maximum atomic E-state index is 11.7. The lowest BCUT2D eigenvalue weighted by Gasteiger charge is -2.06. The summed E-state index contributed by atoms with van der Waals surface area (Å²) >= 11 is 0. The number of carbonyl (C=O) groups excluding carboxylic acids is 1. The van der Waals surface area contributed by atoms with Crippen LogP contribution in [0.1, 0.15) is 61.8 Å². The average Bonchev–Trinajstić information content (AvgIpc) is 2.56. The number of carbonyl (C=O) groups is 2. The van der Waals surface area contributed by atoms with Crippen LogP contribution >= 0.6 is 0 Å². The molecule has 2 rings (SSSR count). The zero-order chi connectivity index (χ0) is 16.4. The van der Waals surface area contributed by atoms with Crippen LogP contribution in [0.5, 0.6) is 0 Å². The Hall–Kier alpha value is -2.16. The summed E-state index contributed by atoms with van der Waals surface area (Å²) in [5.74, 6) is -1.21. The Morgan fingerprint density at radius 1 is 0.905 bits per heavy atom. The molecule has 0 spiro atoms. The monoisotopic (exact) mass is 288 g/mol. The number of hydrogen-bond acceptors (Lipinski definition) is 2. The van der Waals surface area contributed by atoms with Gasteiger partial charge in [0.2, 0.25) is 0 Å². The van der Waals surface area contributed by atoms with E-state index in [1.165, 1.54) is 0 Å². The standard InChI is InChI=1S/C14H12O3.2C2H6/c1-2-13(15)11-7-9-5-3-4-6-10(9)8-12(11)14(16)17;2*1-2/h3-8H,2H2,1H3,(H,16,17);2*1-2H3. The third-order valence-corrected chi connectivity index (χ3v) is 2.74. The number of hydrogen-bond donors (Lipinski definition) is 1. The molecule has 0 saturated carbocycles. The minimum absolute atomic E-state index is 0.0792. The van der Waals surface area contributed by atoms with E-state index < -0.39 is 5.97 Å². The third kappa shape index (κ3) is 4.71. The first kappa shape index (κ1) is 18.8. The van der Waals surface area contributed by atoms with Gasteiger partial charge in [-0.25, -0.2) is 4.79 Å². The predicted molar refractivity (Wildman–Crippen MR) is 88.2 cm³/mol. The molecule has 0 aliphatic heterocycles. The van der Waals surface area contributed by atoms with Crippen molar-refractivity contribution in [3.63, 3.8) is 0 Å². The minimum atomic E-state index is -1.06. The van der Waals surface area contributed by atoms with Gasteiger partial charge in [-0.05, 0) is 22.9 Å². The Bertz CT molecular complexity index is 600. The molecule has 0 aliphatic rings. The summed E-state index contributed by atoms with van der Waals surface area (Å²) in [6, 6.07) is 10.6.